The molecule has 0 fully saturated rings. The van der Waals surface area contributed by atoms with Gasteiger partial charge in [0.15, 0.2) is 0 Å². The molecule has 96 valence electrons. The first kappa shape index (κ1) is 12.4. The Labute approximate surface area is 119 Å². The highest BCUT2D eigenvalue weighted by Crippen LogP contribution is 2.28. The average molecular weight is 319 g/mol. The lowest BCUT2D eigenvalue weighted by Crippen LogP contribution is -1.95. The van der Waals surface area contributed by atoms with E-state index in [2.05, 4.69) is 25.3 Å². The first-order chi connectivity index (χ1) is 9.08. The molecule has 0 amide bonds. The fourth-order valence-corrected chi connectivity index (χ4v) is 2.63. The minimum Gasteiger partial charge on any atom is -0.296 e. The number of halogens is 2. The standard InChI is InChI=1S/C15H12BrFN2/c1-9-15(11-3-5-12(17)6-4-11)19-10(2)13(16)7-8-14(19)18-9/h3-8H,1-2H3. The number of aromatic nitrogens is 2. The zero-order valence-electron chi connectivity index (χ0n) is 10.6. The fraction of sp³-hybridized carbons (Fsp3) is 0.133. The van der Waals surface area contributed by atoms with E-state index in [1.807, 2.05) is 26.0 Å². The normalized spacial score (nSPS) is 11.2. The maximum atomic E-state index is 13.1. The molecule has 0 atom stereocenters. The van der Waals surface area contributed by atoms with Crippen LogP contribution in [-0.4, -0.2) is 9.38 Å². The summed E-state index contributed by atoms with van der Waals surface area (Å²) in [6.45, 7) is 4.00. The number of rotatable bonds is 1. The summed E-state index contributed by atoms with van der Waals surface area (Å²) in [6, 6.07) is 10.5. The Morgan fingerprint density at radius 3 is 2.42 bits per heavy atom. The third-order valence-electron chi connectivity index (χ3n) is 3.26. The van der Waals surface area contributed by atoms with Crippen LogP contribution in [0.5, 0.6) is 0 Å². The first-order valence-electron chi connectivity index (χ1n) is 5.98. The highest BCUT2D eigenvalue weighted by Gasteiger charge is 2.13. The van der Waals surface area contributed by atoms with E-state index in [4.69, 9.17) is 0 Å². The molecule has 0 spiro atoms. The van der Waals surface area contributed by atoms with Gasteiger partial charge in [0.05, 0.1) is 11.4 Å². The summed E-state index contributed by atoms with van der Waals surface area (Å²) in [5.74, 6) is -0.229. The van der Waals surface area contributed by atoms with Crippen LogP contribution in [0.15, 0.2) is 40.9 Å². The molecule has 2 nitrogen and oxygen atoms in total. The fourth-order valence-electron chi connectivity index (χ4n) is 2.32. The maximum Gasteiger partial charge on any atom is 0.137 e. The summed E-state index contributed by atoms with van der Waals surface area (Å²) in [5, 5.41) is 0. The highest BCUT2D eigenvalue weighted by molar-refractivity contribution is 9.10. The molecule has 3 aromatic rings. The van der Waals surface area contributed by atoms with Crippen LogP contribution < -0.4 is 0 Å². The number of hydrogen-bond donors (Lipinski definition) is 0. The SMILES string of the molecule is Cc1nc2ccc(Br)c(C)n2c1-c1ccc(F)cc1. The first-order valence-corrected chi connectivity index (χ1v) is 6.77. The lowest BCUT2D eigenvalue weighted by atomic mass is 10.1. The third-order valence-corrected chi connectivity index (χ3v) is 4.09. The highest BCUT2D eigenvalue weighted by atomic mass is 79.9. The van der Waals surface area contributed by atoms with Gasteiger partial charge in [0.1, 0.15) is 11.5 Å². The number of nitrogens with zero attached hydrogens (tertiary/aromatic N) is 2. The molecule has 0 aliphatic carbocycles. The van der Waals surface area contributed by atoms with Crippen molar-refractivity contribution in [1.82, 2.24) is 9.38 Å². The van der Waals surface area contributed by atoms with Crippen molar-refractivity contribution in [3.63, 3.8) is 0 Å². The Morgan fingerprint density at radius 2 is 1.74 bits per heavy atom. The molecular formula is C15H12BrFN2. The van der Waals surface area contributed by atoms with Gasteiger partial charge in [-0.2, -0.15) is 0 Å². The van der Waals surface area contributed by atoms with Gasteiger partial charge in [-0.1, -0.05) is 0 Å². The molecule has 0 N–H and O–H groups in total. The van der Waals surface area contributed by atoms with Crippen LogP contribution >= 0.6 is 15.9 Å². The Kier molecular flexibility index (Phi) is 2.90. The molecule has 0 aliphatic heterocycles. The largest absolute Gasteiger partial charge is 0.296 e. The van der Waals surface area contributed by atoms with Crippen molar-refractivity contribution in [2.75, 3.05) is 0 Å². The van der Waals surface area contributed by atoms with Gasteiger partial charge in [-0.15, -0.1) is 0 Å². The third kappa shape index (κ3) is 1.96. The zero-order valence-corrected chi connectivity index (χ0v) is 12.2. The monoisotopic (exact) mass is 318 g/mol. The Balaban J connectivity index is 2.37. The van der Waals surface area contributed by atoms with Crippen molar-refractivity contribution in [1.29, 1.82) is 0 Å². The number of benzene rings is 1. The van der Waals surface area contributed by atoms with Gasteiger partial charge >= 0.3 is 0 Å². The predicted molar refractivity (Wildman–Crippen MR) is 77.8 cm³/mol. The van der Waals surface area contributed by atoms with Crippen molar-refractivity contribution in [3.05, 3.63) is 58.1 Å². The second-order valence-corrected chi connectivity index (χ2v) is 5.37. The van der Waals surface area contributed by atoms with Crippen molar-refractivity contribution in [2.24, 2.45) is 0 Å². The van der Waals surface area contributed by atoms with Crippen LogP contribution in [0.4, 0.5) is 4.39 Å². The lowest BCUT2D eigenvalue weighted by molar-refractivity contribution is 0.628. The summed E-state index contributed by atoms with van der Waals surface area (Å²) in [4.78, 5) is 4.56. The molecular weight excluding hydrogens is 307 g/mol. The lowest BCUT2D eigenvalue weighted by Gasteiger charge is -2.08. The summed E-state index contributed by atoms with van der Waals surface area (Å²) >= 11 is 3.54. The Hall–Kier alpha value is -1.68. The van der Waals surface area contributed by atoms with Crippen molar-refractivity contribution in [2.45, 2.75) is 13.8 Å². The Bertz CT molecular complexity index is 760. The van der Waals surface area contributed by atoms with Crippen molar-refractivity contribution in [3.8, 4) is 11.3 Å². The molecule has 0 radical (unpaired) electrons. The van der Waals surface area contributed by atoms with E-state index in [0.717, 1.165) is 32.8 Å². The van der Waals surface area contributed by atoms with E-state index >= 15 is 0 Å². The van der Waals surface area contributed by atoms with Crippen LogP contribution in [0, 0.1) is 19.7 Å². The van der Waals surface area contributed by atoms with Gasteiger partial charge < -0.3 is 0 Å². The summed E-state index contributed by atoms with van der Waals surface area (Å²) in [6.07, 6.45) is 0. The molecule has 0 unspecified atom stereocenters. The second-order valence-electron chi connectivity index (χ2n) is 4.51. The van der Waals surface area contributed by atoms with Gasteiger partial charge in [-0.05, 0) is 66.2 Å². The summed E-state index contributed by atoms with van der Waals surface area (Å²) < 4.78 is 16.2. The van der Waals surface area contributed by atoms with Crippen LogP contribution in [0.3, 0.4) is 0 Å². The quantitative estimate of drug-likeness (QED) is 0.644. The minimum atomic E-state index is -0.229. The molecule has 0 saturated carbocycles. The number of aryl methyl sites for hydroxylation is 2. The van der Waals surface area contributed by atoms with Crippen LogP contribution in [0.2, 0.25) is 0 Å². The van der Waals surface area contributed by atoms with Gasteiger partial charge in [0, 0.05) is 15.7 Å². The van der Waals surface area contributed by atoms with E-state index in [0.29, 0.717) is 0 Å². The van der Waals surface area contributed by atoms with Crippen LogP contribution in [0.25, 0.3) is 16.9 Å². The number of hydrogen-bond acceptors (Lipinski definition) is 1. The molecule has 1 aromatic carbocycles. The van der Waals surface area contributed by atoms with E-state index in [9.17, 15) is 4.39 Å². The molecule has 3 rings (SSSR count). The smallest absolute Gasteiger partial charge is 0.137 e. The Morgan fingerprint density at radius 1 is 1.05 bits per heavy atom. The van der Waals surface area contributed by atoms with Gasteiger partial charge in [-0.25, -0.2) is 9.37 Å². The number of pyridine rings is 1. The molecule has 0 bridgehead atoms. The number of imidazole rings is 1. The number of fused-ring (bicyclic) bond motifs is 1. The minimum absolute atomic E-state index is 0.229. The van der Waals surface area contributed by atoms with Crippen LogP contribution in [-0.2, 0) is 0 Å². The molecule has 0 aliphatic rings. The van der Waals surface area contributed by atoms with E-state index in [-0.39, 0.29) is 5.82 Å². The summed E-state index contributed by atoms with van der Waals surface area (Å²) in [5.41, 5.74) is 4.89. The molecule has 4 heteroatoms. The zero-order chi connectivity index (χ0) is 13.6. The predicted octanol–water partition coefficient (Wildman–Crippen LogP) is 4.52. The molecule has 2 heterocycles. The maximum absolute atomic E-state index is 13.1. The van der Waals surface area contributed by atoms with Crippen LogP contribution in [0.1, 0.15) is 11.4 Å². The topological polar surface area (TPSA) is 17.3 Å². The van der Waals surface area contributed by atoms with Gasteiger partial charge in [0.2, 0.25) is 0 Å². The molecule has 2 aromatic heterocycles. The average Bonchev–Trinajstić information content (AvgIpc) is 2.72. The second kappa shape index (κ2) is 4.46. The molecule has 0 saturated heterocycles. The van der Waals surface area contributed by atoms with E-state index in [1.165, 1.54) is 12.1 Å². The van der Waals surface area contributed by atoms with Gasteiger partial charge in [0.25, 0.3) is 0 Å². The summed E-state index contributed by atoms with van der Waals surface area (Å²) in [7, 11) is 0. The van der Waals surface area contributed by atoms with E-state index < -0.39 is 0 Å². The molecule has 19 heavy (non-hydrogen) atoms. The van der Waals surface area contributed by atoms with Gasteiger partial charge in [-0.3, -0.25) is 4.40 Å². The van der Waals surface area contributed by atoms with E-state index in [1.54, 1.807) is 12.1 Å². The van der Waals surface area contributed by atoms with Crippen molar-refractivity contribution >= 4 is 21.6 Å². The van der Waals surface area contributed by atoms with Crippen molar-refractivity contribution < 1.29 is 4.39 Å².